The maximum atomic E-state index is 10.6. The maximum Gasteiger partial charge on any atom is 0.177 e. The largest absolute Gasteiger partial charge is 0.508 e. The van der Waals surface area contributed by atoms with Crippen LogP contribution in [0.2, 0.25) is 0 Å². The van der Waals surface area contributed by atoms with E-state index in [2.05, 4.69) is 59.8 Å². The minimum Gasteiger partial charge on any atom is -0.508 e. The normalized spacial score (nSPS) is 12.5. The van der Waals surface area contributed by atoms with Gasteiger partial charge in [0.25, 0.3) is 0 Å². The van der Waals surface area contributed by atoms with Crippen LogP contribution in [0.15, 0.2) is 55.1 Å². The molecule has 2 aromatic carbocycles. The highest BCUT2D eigenvalue weighted by molar-refractivity contribution is 7.80. The van der Waals surface area contributed by atoms with Crippen molar-refractivity contribution in [3.05, 3.63) is 77.5 Å². The average Bonchev–Trinajstić information content (AvgIpc) is 2.94. The number of nitrogens with one attached hydrogen (secondary N) is 1. The second-order valence-electron chi connectivity index (χ2n) is 7.99. The molecule has 0 radical (unpaired) electrons. The third-order valence-electron chi connectivity index (χ3n) is 6.17. The van der Waals surface area contributed by atoms with Gasteiger partial charge in [-0.1, -0.05) is 37.8 Å². The van der Waals surface area contributed by atoms with Crippen molar-refractivity contribution in [2.75, 3.05) is 11.9 Å². The first kappa shape index (κ1) is 22.7. The van der Waals surface area contributed by atoms with Crippen molar-refractivity contribution in [2.24, 2.45) is 0 Å². The van der Waals surface area contributed by atoms with E-state index >= 15 is 0 Å². The van der Waals surface area contributed by atoms with E-state index in [-0.39, 0.29) is 11.5 Å². The lowest BCUT2D eigenvalue weighted by atomic mass is 10.0. The molecular weight excluding hydrogens is 430 g/mol. The quantitative estimate of drug-likeness (QED) is 0.425. The Morgan fingerprint density at radius 3 is 2.64 bits per heavy atom. The van der Waals surface area contributed by atoms with Gasteiger partial charge in [0.05, 0.1) is 5.70 Å². The molecule has 1 heterocycles. The highest BCUT2D eigenvalue weighted by Gasteiger charge is 2.22. The van der Waals surface area contributed by atoms with E-state index in [0.29, 0.717) is 22.8 Å². The lowest BCUT2D eigenvalue weighted by Gasteiger charge is -2.28. The fourth-order valence-electron chi connectivity index (χ4n) is 4.50. The third kappa shape index (κ3) is 3.91. The molecule has 3 N–H and O–H groups in total. The minimum absolute atomic E-state index is 0.0420. The Kier molecular flexibility index (Phi) is 6.29. The van der Waals surface area contributed by atoms with Crippen LogP contribution in [0.25, 0.3) is 22.7 Å². The van der Waals surface area contributed by atoms with Crippen LogP contribution < -0.4 is 10.2 Å². The topological polar surface area (TPSA) is 60.7 Å². The number of allylic oxidation sites excluding steroid dienone is 3. The molecule has 170 valence electrons. The molecule has 1 aliphatic rings. The van der Waals surface area contributed by atoms with E-state index in [0.717, 1.165) is 29.6 Å². The summed E-state index contributed by atoms with van der Waals surface area (Å²) in [5, 5.41) is 25.4. The summed E-state index contributed by atoms with van der Waals surface area (Å²) >= 11 is 5.65. The van der Waals surface area contributed by atoms with Crippen LogP contribution >= 0.6 is 12.2 Å². The predicted molar refractivity (Wildman–Crippen MR) is 142 cm³/mol. The van der Waals surface area contributed by atoms with Crippen LogP contribution in [-0.2, 0) is 19.4 Å². The molecule has 0 bridgehead atoms. The van der Waals surface area contributed by atoms with Crippen molar-refractivity contribution < 1.29 is 10.2 Å². The molecule has 0 atom stereocenters. The minimum atomic E-state index is -0.0420. The van der Waals surface area contributed by atoms with Crippen LogP contribution in [0.4, 0.5) is 5.69 Å². The first-order valence-electron chi connectivity index (χ1n) is 11.2. The maximum absolute atomic E-state index is 10.6. The van der Waals surface area contributed by atoms with Gasteiger partial charge in [-0.15, -0.1) is 0 Å². The second kappa shape index (κ2) is 9.16. The number of aromatic hydroxyl groups is 2. The molecular formula is C27H29N3O2S. The molecule has 5 nitrogen and oxygen atoms in total. The van der Waals surface area contributed by atoms with Gasteiger partial charge in [0.15, 0.2) is 5.11 Å². The molecule has 33 heavy (non-hydrogen) atoms. The van der Waals surface area contributed by atoms with Crippen LogP contribution in [0, 0.1) is 0 Å². The summed E-state index contributed by atoms with van der Waals surface area (Å²) in [5.74, 6) is 0.0272. The molecule has 0 amide bonds. The van der Waals surface area contributed by atoms with Gasteiger partial charge in [0.2, 0.25) is 0 Å². The molecule has 1 aliphatic carbocycles. The number of benzene rings is 2. The SMILES string of the molecule is C=C(c1cc(CC)c(O)cc1O)N(C(=S)NC)c1ccc2c(c1)c1c(n2CC)CC=CC=C1. The van der Waals surface area contributed by atoms with Gasteiger partial charge in [-0.2, -0.15) is 0 Å². The van der Waals surface area contributed by atoms with E-state index in [9.17, 15) is 10.2 Å². The smallest absolute Gasteiger partial charge is 0.177 e. The van der Waals surface area contributed by atoms with Gasteiger partial charge in [0, 0.05) is 59.5 Å². The summed E-state index contributed by atoms with van der Waals surface area (Å²) in [4.78, 5) is 1.83. The van der Waals surface area contributed by atoms with E-state index in [4.69, 9.17) is 12.2 Å². The Balaban J connectivity index is 1.88. The lowest BCUT2D eigenvalue weighted by Crippen LogP contribution is -2.36. The second-order valence-corrected chi connectivity index (χ2v) is 8.37. The number of thiocarbonyl (C=S) groups is 1. The summed E-state index contributed by atoms with van der Waals surface area (Å²) in [5.41, 5.74) is 6.31. The molecule has 0 spiro atoms. The standard InChI is InChI=1S/C27H29N3O2S/c1-5-18-14-21(26(32)16-25(18)31)17(3)30(27(33)28-4)19-12-13-24-22(15-19)20-10-8-7-9-11-23(20)29(24)6-2/h7-10,12-16,31-32H,3,5-6,11H2,1-2,4H3,(H,28,33). The number of nitrogens with zero attached hydrogens (tertiary/aromatic N) is 2. The van der Waals surface area contributed by atoms with Crippen molar-refractivity contribution in [1.29, 1.82) is 0 Å². The number of hydrogen-bond acceptors (Lipinski definition) is 3. The van der Waals surface area contributed by atoms with Crippen molar-refractivity contribution >= 4 is 45.7 Å². The van der Waals surface area contributed by atoms with Gasteiger partial charge in [-0.25, -0.2) is 0 Å². The molecule has 0 saturated heterocycles. The van der Waals surface area contributed by atoms with E-state index in [1.807, 2.05) is 17.9 Å². The van der Waals surface area contributed by atoms with Crippen LogP contribution in [0.5, 0.6) is 11.5 Å². The first-order valence-corrected chi connectivity index (χ1v) is 11.6. The van der Waals surface area contributed by atoms with Gasteiger partial charge < -0.3 is 20.1 Å². The number of fused-ring (bicyclic) bond motifs is 3. The van der Waals surface area contributed by atoms with Gasteiger partial charge in [-0.05, 0) is 55.4 Å². The zero-order valence-electron chi connectivity index (χ0n) is 19.2. The zero-order chi connectivity index (χ0) is 23.7. The highest BCUT2D eigenvalue weighted by Crippen LogP contribution is 2.38. The number of hydrogen-bond donors (Lipinski definition) is 3. The number of anilines is 1. The summed E-state index contributed by atoms with van der Waals surface area (Å²) in [6, 6.07) is 9.41. The van der Waals surface area contributed by atoms with Gasteiger partial charge >= 0.3 is 0 Å². The van der Waals surface area contributed by atoms with E-state index < -0.39 is 0 Å². The molecule has 6 heteroatoms. The van der Waals surface area contributed by atoms with Crippen molar-refractivity contribution in [2.45, 2.75) is 33.2 Å². The molecule has 4 rings (SSSR count). The molecule has 3 aromatic rings. The fraction of sp³-hybridized carbons (Fsp3) is 0.222. The third-order valence-corrected chi connectivity index (χ3v) is 6.56. The number of phenolic OH excluding ortho intramolecular Hbond substituents is 2. The number of phenols is 2. The Hall–Kier alpha value is -3.51. The molecule has 1 aromatic heterocycles. The Morgan fingerprint density at radius 2 is 1.94 bits per heavy atom. The van der Waals surface area contributed by atoms with Crippen molar-refractivity contribution in [3.63, 3.8) is 0 Å². The summed E-state index contributed by atoms with van der Waals surface area (Å²) < 4.78 is 2.35. The molecule has 0 saturated carbocycles. The zero-order valence-corrected chi connectivity index (χ0v) is 20.0. The van der Waals surface area contributed by atoms with Crippen molar-refractivity contribution in [1.82, 2.24) is 9.88 Å². The van der Waals surface area contributed by atoms with Crippen LogP contribution in [-0.4, -0.2) is 26.9 Å². The molecule has 0 fully saturated rings. The first-order chi connectivity index (χ1) is 15.9. The van der Waals surface area contributed by atoms with Crippen LogP contribution in [0.1, 0.15) is 36.2 Å². The predicted octanol–water partition coefficient (Wildman–Crippen LogP) is 5.74. The number of aryl methyl sites for hydroxylation is 2. The molecule has 0 aliphatic heterocycles. The fourth-order valence-corrected chi connectivity index (χ4v) is 4.72. The van der Waals surface area contributed by atoms with Crippen LogP contribution in [0.3, 0.4) is 0 Å². The summed E-state index contributed by atoms with van der Waals surface area (Å²) in [6.07, 6.45) is 10.0. The van der Waals surface area contributed by atoms with Gasteiger partial charge in [-0.3, -0.25) is 4.90 Å². The average molecular weight is 460 g/mol. The highest BCUT2D eigenvalue weighted by atomic mass is 32.1. The Bertz CT molecular complexity index is 1320. The Labute approximate surface area is 200 Å². The number of aromatic nitrogens is 1. The summed E-state index contributed by atoms with van der Waals surface area (Å²) in [6.45, 7) is 9.27. The summed E-state index contributed by atoms with van der Waals surface area (Å²) in [7, 11) is 1.77. The van der Waals surface area contributed by atoms with E-state index in [1.54, 1.807) is 13.1 Å². The lowest BCUT2D eigenvalue weighted by molar-refractivity contribution is 0.445. The molecule has 0 unspecified atom stereocenters. The van der Waals surface area contributed by atoms with Gasteiger partial charge in [0.1, 0.15) is 11.5 Å². The van der Waals surface area contributed by atoms with E-state index in [1.165, 1.54) is 22.8 Å². The Morgan fingerprint density at radius 1 is 1.15 bits per heavy atom. The number of rotatable bonds is 5. The monoisotopic (exact) mass is 459 g/mol. The van der Waals surface area contributed by atoms with Crippen molar-refractivity contribution in [3.8, 4) is 11.5 Å².